The number of rotatable bonds is 9. The van der Waals surface area contributed by atoms with E-state index in [2.05, 4.69) is 241 Å². The molecule has 2 heteroatoms. The smallest absolute Gasteiger partial charge is 0.143 e. The first kappa shape index (κ1) is 36.8. The van der Waals surface area contributed by atoms with Crippen LogP contribution in [0.25, 0.3) is 88.7 Å². The average Bonchev–Trinajstić information content (AvgIpc) is 3.75. The number of hydrogen-bond acceptors (Lipinski definition) is 2. The van der Waals surface area contributed by atoms with Gasteiger partial charge in [0.25, 0.3) is 0 Å². The highest BCUT2D eigenvalue weighted by Gasteiger charge is 2.19. The van der Waals surface area contributed by atoms with E-state index in [1.807, 2.05) is 12.1 Å². The second-order valence-corrected chi connectivity index (χ2v) is 15.7. The molecule has 0 aliphatic carbocycles. The lowest BCUT2D eigenvalue weighted by molar-refractivity contribution is 0.632. The normalized spacial score (nSPS) is 11.2. The van der Waals surface area contributed by atoms with E-state index in [-0.39, 0.29) is 0 Å². The van der Waals surface area contributed by atoms with Crippen molar-refractivity contribution in [3.63, 3.8) is 0 Å². The summed E-state index contributed by atoms with van der Waals surface area (Å²) in [7, 11) is 0. The Kier molecular flexibility index (Phi) is 9.57. The molecule has 0 fully saturated rings. The van der Waals surface area contributed by atoms with Gasteiger partial charge in [-0.2, -0.15) is 0 Å². The maximum atomic E-state index is 6.55. The molecule has 10 aromatic carbocycles. The molecule has 1 heterocycles. The quantitative estimate of drug-likeness (QED) is 0.145. The molecule has 292 valence electrons. The van der Waals surface area contributed by atoms with Gasteiger partial charge in [-0.1, -0.05) is 206 Å². The van der Waals surface area contributed by atoms with Crippen LogP contribution in [0.1, 0.15) is 0 Å². The molecule has 0 saturated carbocycles. The molecule has 0 N–H and O–H groups in total. The Bertz CT molecular complexity index is 3290. The zero-order chi connectivity index (χ0) is 41.2. The standard InChI is InChI=1S/C60H41NO/c1-3-13-42(14-4-1)43-25-27-44(28-26-43)46-33-37-53(38-34-46)61(57-23-12-18-49-15-7-8-21-55(49)57)54-39-35-47(36-40-54)45-29-31-48(32-30-45)51-19-11-20-52(41-51)60-59(50-16-5-2-6-17-50)56-22-9-10-24-58(56)62-60/h1-41H. The van der Waals surface area contributed by atoms with Gasteiger partial charge in [0.1, 0.15) is 11.3 Å². The van der Waals surface area contributed by atoms with Gasteiger partial charge in [-0.3, -0.25) is 0 Å². The fourth-order valence-corrected chi connectivity index (χ4v) is 8.76. The van der Waals surface area contributed by atoms with Gasteiger partial charge in [0, 0.05) is 33.3 Å². The van der Waals surface area contributed by atoms with E-state index in [4.69, 9.17) is 4.42 Å². The summed E-state index contributed by atoms with van der Waals surface area (Å²) in [6.45, 7) is 0. The molecule has 0 atom stereocenters. The first-order valence-corrected chi connectivity index (χ1v) is 21.2. The summed E-state index contributed by atoms with van der Waals surface area (Å²) in [5.74, 6) is 0.887. The monoisotopic (exact) mass is 791 g/mol. The van der Waals surface area contributed by atoms with Gasteiger partial charge in [-0.15, -0.1) is 0 Å². The van der Waals surface area contributed by atoms with Crippen molar-refractivity contribution in [2.45, 2.75) is 0 Å². The lowest BCUT2D eigenvalue weighted by Crippen LogP contribution is -2.10. The highest BCUT2D eigenvalue weighted by atomic mass is 16.3. The second-order valence-electron chi connectivity index (χ2n) is 15.7. The summed E-state index contributed by atoms with van der Waals surface area (Å²) in [6.07, 6.45) is 0. The summed E-state index contributed by atoms with van der Waals surface area (Å²) in [5, 5.41) is 3.53. The number of anilines is 3. The van der Waals surface area contributed by atoms with Crippen LogP contribution >= 0.6 is 0 Å². The number of para-hydroxylation sites is 1. The van der Waals surface area contributed by atoms with Crippen molar-refractivity contribution in [2.24, 2.45) is 0 Å². The van der Waals surface area contributed by atoms with Gasteiger partial charge in [-0.05, 0) is 97.9 Å². The molecular formula is C60H41NO. The Morgan fingerprint density at radius 2 is 0.677 bits per heavy atom. The van der Waals surface area contributed by atoms with Crippen molar-refractivity contribution < 1.29 is 4.42 Å². The number of hydrogen-bond donors (Lipinski definition) is 0. The first-order valence-electron chi connectivity index (χ1n) is 21.2. The summed E-state index contributed by atoms with van der Waals surface area (Å²) in [4.78, 5) is 2.37. The molecule has 0 unspecified atom stereocenters. The van der Waals surface area contributed by atoms with Crippen LogP contribution < -0.4 is 4.90 Å². The zero-order valence-electron chi connectivity index (χ0n) is 34.0. The summed E-state index contributed by atoms with van der Waals surface area (Å²) in [5.41, 5.74) is 17.0. The minimum Gasteiger partial charge on any atom is -0.455 e. The maximum Gasteiger partial charge on any atom is 0.143 e. The first-order chi connectivity index (χ1) is 30.7. The molecule has 62 heavy (non-hydrogen) atoms. The minimum atomic E-state index is 0.887. The van der Waals surface area contributed by atoms with E-state index >= 15 is 0 Å². The maximum absolute atomic E-state index is 6.55. The molecule has 0 saturated heterocycles. The van der Waals surface area contributed by atoms with Gasteiger partial charge in [0.2, 0.25) is 0 Å². The molecule has 2 nitrogen and oxygen atoms in total. The van der Waals surface area contributed by atoms with E-state index in [1.54, 1.807) is 0 Å². The van der Waals surface area contributed by atoms with E-state index in [9.17, 15) is 0 Å². The minimum absolute atomic E-state index is 0.887. The van der Waals surface area contributed by atoms with Gasteiger partial charge >= 0.3 is 0 Å². The fraction of sp³-hybridized carbons (Fsp3) is 0. The number of furan rings is 1. The predicted octanol–water partition coefficient (Wildman–Crippen LogP) is 17.1. The molecule has 0 amide bonds. The molecular weight excluding hydrogens is 751 g/mol. The van der Waals surface area contributed by atoms with Crippen molar-refractivity contribution in [3.05, 3.63) is 249 Å². The van der Waals surface area contributed by atoms with Gasteiger partial charge in [0.15, 0.2) is 0 Å². The van der Waals surface area contributed by atoms with E-state index in [0.29, 0.717) is 0 Å². The number of benzene rings is 10. The van der Waals surface area contributed by atoms with Crippen LogP contribution in [0.2, 0.25) is 0 Å². The Morgan fingerprint density at radius 1 is 0.274 bits per heavy atom. The third-order valence-corrected chi connectivity index (χ3v) is 11.9. The lowest BCUT2D eigenvalue weighted by Gasteiger charge is -2.27. The Labute approximate surface area is 362 Å². The van der Waals surface area contributed by atoms with Gasteiger partial charge in [0.05, 0.1) is 5.69 Å². The molecule has 0 aliphatic heterocycles. The van der Waals surface area contributed by atoms with Gasteiger partial charge in [-0.25, -0.2) is 0 Å². The molecule has 1 aromatic heterocycles. The molecule has 11 rings (SSSR count). The van der Waals surface area contributed by atoms with Crippen molar-refractivity contribution in [3.8, 4) is 67.0 Å². The number of fused-ring (bicyclic) bond motifs is 2. The topological polar surface area (TPSA) is 16.4 Å². The Hall–Kier alpha value is -8.20. The van der Waals surface area contributed by atoms with Crippen LogP contribution in [0.15, 0.2) is 253 Å². The van der Waals surface area contributed by atoms with Crippen LogP contribution in [-0.2, 0) is 0 Å². The summed E-state index contributed by atoms with van der Waals surface area (Å²) in [6, 6.07) is 88.8. The van der Waals surface area contributed by atoms with E-state index in [0.717, 1.165) is 67.2 Å². The van der Waals surface area contributed by atoms with Gasteiger partial charge < -0.3 is 9.32 Å². The SMILES string of the molecule is c1ccc(-c2ccc(-c3ccc(N(c4ccc(-c5ccc(-c6cccc(-c7oc8ccccc8c7-c7ccccc7)c6)cc5)cc4)c4cccc5ccccc45)cc3)cc2)cc1. The summed E-state index contributed by atoms with van der Waals surface area (Å²) >= 11 is 0. The fourth-order valence-electron chi connectivity index (χ4n) is 8.76. The van der Waals surface area contributed by atoms with Crippen molar-refractivity contribution in [2.75, 3.05) is 4.90 Å². The molecule has 0 radical (unpaired) electrons. The molecule has 0 spiro atoms. The van der Waals surface area contributed by atoms with Crippen molar-refractivity contribution in [1.29, 1.82) is 0 Å². The van der Waals surface area contributed by atoms with Crippen LogP contribution in [0.3, 0.4) is 0 Å². The third-order valence-electron chi connectivity index (χ3n) is 11.9. The number of nitrogens with zero attached hydrogens (tertiary/aromatic N) is 1. The average molecular weight is 792 g/mol. The van der Waals surface area contributed by atoms with Crippen LogP contribution in [0.5, 0.6) is 0 Å². The van der Waals surface area contributed by atoms with E-state index < -0.39 is 0 Å². The van der Waals surface area contributed by atoms with E-state index in [1.165, 1.54) is 38.6 Å². The van der Waals surface area contributed by atoms with Crippen molar-refractivity contribution >= 4 is 38.8 Å². The molecule has 0 aliphatic rings. The largest absolute Gasteiger partial charge is 0.455 e. The zero-order valence-corrected chi connectivity index (χ0v) is 34.0. The second kappa shape index (κ2) is 16.1. The Balaban J connectivity index is 0.890. The summed E-state index contributed by atoms with van der Waals surface area (Å²) < 4.78 is 6.55. The lowest BCUT2D eigenvalue weighted by atomic mass is 9.95. The van der Waals surface area contributed by atoms with Crippen LogP contribution in [-0.4, -0.2) is 0 Å². The Morgan fingerprint density at radius 3 is 1.27 bits per heavy atom. The van der Waals surface area contributed by atoms with Crippen molar-refractivity contribution in [1.82, 2.24) is 0 Å². The molecule has 11 aromatic rings. The third kappa shape index (κ3) is 7.04. The highest BCUT2D eigenvalue weighted by molar-refractivity contribution is 6.02. The van der Waals surface area contributed by atoms with Crippen LogP contribution in [0, 0.1) is 0 Å². The molecule has 0 bridgehead atoms. The van der Waals surface area contributed by atoms with Crippen LogP contribution in [0.4, 0.5) is 17.1 Å². The predicted molar refractivity (Wildman–Crippen MR) is 261 cm³/mol. The highest BCUT2D eigenvalue weighted by Crippen LogP contribution is 2.43.